The molecule has 0 radical (unpaired) electrons. The predicted octanol–water partition coefficient (Wildman–Crippen LogP) is 0.951. The van der Waals surface area contributed by atoms with Crippen molar-refractivity contribution in [3.05, 3.63) is 60.5 Å². The number of aliphatic hydroxyl groups excluding tert-OH is 4. The molecule has 1 aliphatic rings. The Morgan fingerprint density at radius 2 is 1.85 bits per heavy atom. The molecular weight excluding hydrogens is 475 g/mol. The monoisotopic (exact) mass is 500 g/mol. The molecule has 1 unspecified atom stereocenters. The van der Waals surface area contributed by atoms with E-state index in [-0.39, 0.29) is 33.5 Å². The summed E-state index contributed by atoms with van der Waals surface area (Å²) in [5.74, 6) is -0.394. The molecule has 1 amide bonds. The molecule has 2 heterocycles. The number of aryl methyl sites for hydroxylation is 2. The number of pyridine rings is 1. The number of nitrogens with one attached hydrogen (secondary N) is 1. The maximum absolute atomic E-state index is 13.3. The molecule has 9 nitrogen and oxygen atoms in total. The van der Waals surface area contributed by atoms with Gasteiger partial charge < -0.3 is 35.0 Å². The topological polar surface area (TPSA) is 143 Å². The summed E-state index contributed by atoms with van der Waals surface area (Å²) < 4.78 is 5.47. The Morgan fingerprint density at radius 3 is 2.48 bits per heavy atom. The smallest absolute Gasteiger partial charge is 0.256 e. The highest BCUT2D eigenvalue weighted by Gasteiger charge is 2.32. The molecule has 180 valence electrons. The Balaban J connectivity index is 1.85. The van der Waals surface area contributed by atoms with Gasteiger partial charge in [-0.25, -0.2) is 0 Å². The number of ether oxygens (including phenoxy) is 1. The molecule has 0 aliphatic carbocycles. The number of aliphatic hydroxyl groups is 4. The van der Waals surface area contributed by atoms with Crippen molar-refractivity contribution >= 4 is 29.1 Å². The van der Waals surface area contributed by atoms with Crippen LogP contribution in [0.25, 0.3) is 0 Å². The fourth-order valence-electron chi connectivity index (χ4n) is 3.78. The number of nitrogens with zero attached hydrogens (tertiary/aromatic N) is 1. The molecule has 33 heavy (non-hydrogen) atoms. The van der Waals surface area contributed by atoms with Crippen LogP contribution in [0.15, 0.2) is 16.9 Å². The first-order valence-corrected chi connectivity index (χ1v) is 11.1. The largest absolute Gasteiger partial charge is 0.489 e. The van der Waals surface area contributed by atoms with Crippen LogP contribution in [0.5, 0.6) is 5.75 Å². The van der Waals surface area contributed by atoms with Crippen molar-refractivity contribution in [3.63, 3.8) is 0 Å². The molecular formula is C22H26Cl2N2O7. The number of amides is 1. The Bertz CT molecular complexity index is 1110. The van der Waals surface area contributed by atoms with Crippen LogP contribution in [0.3, 0.4) is 0 Å². The van der Waals surface area contributed by atoms with E-state index in [4.69, 9.17) is 33.0 Å². The summed E-state index contributed by atoms with van der Waals surface area (Å²) in [6.07, 6.45) is -4.29. The standard InChI is InChI=1S/C22H26Cl2N2O7/c1-10-5-11(2)25-21(31)13(10)7-26-4-3-12-14(23)6-17(19(24)18(12)22(26)32)33-9-16(29)20(30)15(28)8-27/h5-6,15-16,20,27-30H,3-4,7-9H2,1-2H3,(H,25,31)/t15?,16-,20-/m0/s1. The van der Waals surface area contributed by atoms with Crippen LogP contribution in [0.2, 0.25) is 10.0 Å². The second kappa shape index (κ2) is 10.4. The van der Waals surface area contributed by atoms with Crippen molar-refractivity contribution in [2.75, 3.05) is 19.8 Å². The molecule has 1 aliphatic heterocycles. The fraction of sp³-hybridized carbons (Fsp3) is 0.455. The molecule has 5 N–H and O–H groups in total. The number of rotatable bonds is 8. The molecule has 1 aromatic heterocycles. The highest BCUT2D eigenvalue weighted by atomic mass is 35.5. The molecule has 0 fully saturated rings. The fourth-order valence-corrected chi connectivity index (χ4v) is 4.37. The second-order valence-corrected chi connectivity index (χ2v) is 8.85. The van der Waals surface area contributed by atoms with Crippen LogP contribution in [-0.2, 0) is 13.0 Å². The van der Waals surface area contributed by atoms with Gasteiger partial charge in [0.15, 0.2) is 0 Å². The maximum Gasteiger partial charge on any atom is 0.256 e. The van der Waals surface area contributed by atoms with E-state index in [0.29, 0.717) is 24.1 Å². The summed E-state index contributed by atoms with van der Waals surface area (Å²) in [6, 6.07) is 3.25. The summed E-state index contributed by atoms with van der Waals surface area (Å²) in [5.41, 5.74) is 2.43. The van der Waals surface area contributed by atoms with Crippen LogP contribution in [0.1, 0.15) is 32.7 Å². The molecule has 2 aromatic rings. The zero-order valence-corrected chi connectivity index (χ0v) is 19.7. The van der Waals surface area contributed by atoms with Gasteiger partial charge in [0.1, 0.15) is 30.7 Å². The predicted molar refractivity (Wildman–Crippen MR) is 122 cm³/mol. The van der Waals surface area contributed by atoms with E-state index in [0.717, 1.165) is 11.3 Å². The number of aromatic amines is 1. The summed E-state index contributed by atoms with van der Waals surface area (Å²) in [4.78, 5) is 29.9. The summed E-state index contributed by atoms with van der Waals surface area (Å²) >= 11 is 12.8. The van der Waals surface area contributed by atoms with E-state index in [1.165, 1.54) is 11.0 Å². The molecule has 0 saturated heterocycles. The second-order valence-electron chi connectivity index (χ2n) is 8.06. The Morgan fingerprint density at radius 1 is 1.15 bits per heavy atom. The van der Waals surface area contributed by atoms with Gasteiger partial charge >= 0.3 is 0 Å². The van der Waals surface area contributed by atoms with Crippen molar-refractivity contribution in [1.29, 1.82) is 0 Å². The van der Waals surface area contributed by atoms with E-state index in [9.17, 15) is 24.9 Å². The lowest BCUT2D eigenvalue weighted by atomic mass is 9.97. The van der Waals surface area contributed by atoms with Crippen molar-refractivity contribution in [2.45, 2.75) is 45.1 Å². The van der Waals surface area contributed by atoms with Gasteiger partial charge in [0.25, 0.3) is 11.5 Å². The van der Waals surface area contributed by atoms with Crippen LogP contribution < -0.4 is 10.3 Å². The van der Waals surface area contributed by atoms with Crippen molar-refractivity contribution in [2.24, 2.45) is 0 Å². The highest BCUT2D eigenvalue weighted by molar-refractivity contribution is 6.38. The van der Waals surface area contributed by atoms with Gasteiger partial charge in [-0.3, -0.25) is 9.59 Å². The number of halogens is 2. The minimum atomic E-state index is -1.64. The quantitative estimate of drug-likeness (QED) is 0.363. The van der Waals surface area contributed by atoms with Gasteiger partial charge in [-0.05, 0) is 37.5 Å². The molecule has 0 spiro atoms. The third-order valence-electron chi connectivity index (χ3n) is 5.64. The van der Waals surface area contributed by atoms with Crippen molar-refractivity contribution in [3.8, 4) is 5.75 Å². The minimum Gasteiger partial charge on any atom is -0.489 e. The number of H-pyrrole nitrogens is 1. The van der Waals surface area contributed by atoms with Crippen LogP contribution in [0.4, 0.5) is 0 Å². The molecule has 0 bridgehead atoms. The van der Waals surface area contributed by atoms with E-state index >= 15 is 0 Å². The molecule has 3 atom stereocenters. The zero-order chi connectivity index (χ0) is 24.4. The van der Waals surface area contributed by atoms with E-state index in [2.05, 4.69) is 4.98 Å². The Kier molecular flexibility index (Phi) is 8.04. The first-order chi connectivity index (χ1) is 15.5. The number of hydrogen-bond acceptors (Lipinski definition) is 7. The Labute approximate surface area is 200 Å². The SMILES string of the molecule is Cc1cc(C)c(CN2CCc3c(Cl)cc(OC[C@H](O)[C@@H](O)C(O)CO)c(Cl)c3C2=O)c(=O)[nH]1. The van der Waals surface area contributed by atoms with Gasteiger partial charge in [0.05, 0.1) is 23.7 Å². The Hall–Kier alpha value is -2.14. The summed E-state index contributed by atoms with van der Waals surface area (Å²) in [5, 5.41) is 38.3. The average molecular weight is 501 g/mol. The lowest BCUT2D eigenvalue weighted by Crippen LogP contribution is -2.42. The normalized spacial score (nSPS) is 16.4. The molecule has 1 aromatic carbocycles. The number of aromatic nitrogens is 1. The first kappa shape index (κ1) is 25.5. The maximum atomic E-state index is 13.3. The lowest BCUT2D eigenvalue weighted by molar-refractivity contribution is -0.0871. The number of fused-ring (bicyclic) bond motifs is 1. The van der Waals surface area contributed by atoms with Gasteiger partial charge in [-0.15, -0.1) is 0 Å². The van der Waals surface area contributed by atoms with E-state index < -0.39 is 37.4 Å². The number of hydrogen-bond donors (Lipinski definition) is 5. The molecule has 3 rings (SSSR count). The third-order valence-corrected chi connectivity index (χ3v) is 6.36. The number of carbonyl (C=O) groups excluding carboxylic acids is 1. The van der Waals surface area contributed by atoms with E-state index in [1.54, 1.807) is 6.92 Å². The van der Waals surface area contributed by atoms with Gasteiger partial charge in [0, 0.05) is 28.9 Å². The van der Waals surface area contributed by atoms with Crippen LogP contribution >= 0.6 is 23.2 Å². The highest BCUT2D eigenvalue weighted by Crippen LogP contribution is 2.39. The summed E-state index contributed by atoms with van der Waals surface area (Å²) in [6.45, 7) is 2.83. The average Bonchev–Trinajstić information content (AvgIpc) is 2.77. The molecule has 0 saturated carbocycles. The first-order valence-electron chi connectivity index (χ1n) is 10.3. The summed E-state index contributed by atoms with van der Waals surface area (Å²) in [7, 11) is 0. The zero-order valence-electron chi connectivity index (χ0n) is 18.1. The van der Waals surface area contributed by atoms with Crippen LogP contribution in [-0.4, -0.2) is 74.3 Å². The van der Waals surface area contributed by atoms with Gasteiger partial charge in [-0.1, -0.05) is 23.2 Å². The third kappa shape index (κ3) is 5.34. The minimum absolute atomic E-state index is 0.0111. The number of carbonyl (C=O) groups is 1. The van der Waals surface area contributed by atoms with Gasteiger partial charge in [-0.2, -0.15) is 0 Å². The van der Waals surface area contributed by atoms with Crippen molar-refractivity contribution in [1.82, 2.24) is 9.88 Å². The lowest BCUT2D eigenvalue weighted by Gasteiger charge is -2.30. The molecule has 11 heteroatoms. The van der Waals surface area contributed by atoms with E-state index in [1.807, 2.05) is 13.0 Å². The number of benzene rings is 1. The van der Waals surface area contributed by atoms with Crippen molar-refractivity contribution < 1.29 is 30.0 Å². The van der Waals surface area contributed by atoms with Crippen LogP contribution in [0, 0.1) is 13.8 Å². The van der Waals surface area contributed by atoms with Gasteiger partial charge in [0.2, 0.25) is 0 Å².